The van der Waals surface area contributed by atoms with Gasteiger partial charge in [0.05, 0.1) is 12.1 Å². The van der Waals surface area contributed by atoms with Crippen molar-refractivity contribution >= 4 is 53.0 Å². The van der Waals surface area contributed by atoms with Crippen molar-refractivity contribution in [1.82, 2.24) is 5.32 Å². The van der Waals surface area contributed by atoms with E-state index in [9.17, 15) is 24.0 Å². The number of carbonyl (C=O) groups excluding carboxylic acids is 5. The minimum absolute atomic E-state index is 0.159. The number of nitrogens with one attached hydrogen (secondary N) is 1. The minimum Gasteiger partial charge on any atom is -0.482 e. The zero-order chi connectivity index (χ0) is 28.4. The number of rotatable bonds is 11. The number of halogens is 2. The van der Waals surface area contributed by atoms with E-state index in [4.69, 9.17) is 51.6 Å². The Kier molecular flexibility index (Phi) is 12.0. The molecule has 1 N–H and O–H groups in total. The van der Waals surface area contributed by atoms with E-state index in [-0.39, 0.29) is 10.8 Å². The first kappa shape index (κ1) is 31.1. The van der Waals surface area contributed by atoms with Crippen LogP contribution in [0.15, 0.2) is 18.2 Å². The summed E-state index contributed by atoms with van der Waals surface area (Å²) in [5.41, 5.74) is 0. The van der Waals surface area contributed by atoms with Gasteiger partial charge in [0.2, 0.25) is 6.29 Å². The monoisotopic (exact) mass is 579 g/mol. The molecule has 1 aromatic carbocycles. The first-order chi connectivity index (χ1) is 17.9. The molecule has 1 amide bonds. The SMILES string of the molecule is COC(=O)CO[C@@H]1[C@H](NC(=O)COc2ccc(Cl)cc2Cl)[C@H](OC(C)=O)O[C@@H](COC(C)=O)[C@@H]1OC(C)=O. The van der Waals surface area contributed by atoms with Crippen molar-refractivity contribution < 1.29 is 57.1 Å². The summed E-state index contributed by atoms with van der Waals surface area (Å²) in [6, 6.07) is 3.07. The molecule has 210 valence electrons. The molecule has 5 atom stereocenters. The van der Waals surface area contributed by atoms with Crippen LogP contribution in [0, 0.1) is 0 Å². The van der Waals surface area contributed by atoms with Crippen molar-refractivity contribution in [3.05, 3.63) is 28.2 Å². The highest BCUT2D eigenvalue weighted by Crippen LogP contribution is 2.29. The fourth-order valence-corrected chi connectivity index (χ4v) is 3.84. The van der Waals surface area contributed by atoms with Crippen LogP contribution in [-0.2, 0) is 52.4 Å². The number of esters is 4. The summed E-state index contributed by atoms with van der Waals surface area (Å²) < 4.78 is 37.0. The molecule has 13 nitrogen and oxygen atoms in total. The van der Waals surface area contributed by atoms with Crippen LogP contribution in [0.5, 0.6) is 5.75 Å². The maximum atomic E-state index is 12.8. The van der Waals surface area contributed by atoms with E-state index >= 15 is 0 Å². The Morgan fingerprint density at radius 2 is 1.63 bits per heavy atom. The predicted octanol–water partition coefficient (Wildman–Crippen LogP) is 1.20. The number of methoxy groups -OCH3 is 1. The molecule has 15 heteroatoms. The zero-order valence-corrected chi connectivity index (χ0v) is 22.4. The third-order valence-corrected chi connectivity index (χ3v) is 5.41. The van der Waals surface area contributed by atoms with Crippen LogP contribution in [0.4, 0.5) is 0 Å². The van der Waals surface area contributed by atoms with E-state index in [2.05, 4.69) is 10.1 Å². The molecule has 0 saturated carbocycles. The van der Waals surface area contributed by atoms with Gasteiger partial charge in [0, 0.05) is 25.8 Å². The smallest absolute Gasteiger partial charge is 0.331 e. The first-order valence-corrected chi connectivity index (χ1v) is 11.9. The van der Waals surface area contributed by atoms with Crippen molar-refractivity contribution in [2.45, 2.75) is 51.4 Å². The Morgan fingerprint density at radius 1 is 0.947 bits per heavy atom. The maximum absolute atomic E-state index is 12.8. The lowest BCUT2D eigenvalue weighted by Crippen LogP contribution is -2.67. The maximum Gasteiger partial charge on any atom is 0.331 e. The highest BCUT2D eigenvalue weighted by molar-refractivity contribution is 6.35. The van der Waals surface area contributed by atoms with Crippen LogP contribution in [0.25, 0.3) is 0 Å². The van der Waals surface area contributed by atoms with Crippen molar-refractivity contribution in [2.24, 2.45) is 0 Å². The highest BCUT2D eigenvalue weighted by Gasteiger charge is 2.51. The number of ether oxygens (including phenoxy) is 7. The Balaban J connectivity index is 2.34. The Bertz CT molecular complexity index is 1040. The number of benzene rings is 1. The molecule has 1 aliphatic heterocycles. The average molecular weight is 580 g/mol. The van der Waals surface area contributed by atoms with E-state index in [0.29, 0.717) is 5.02 Å². The van der Waals surface area contributed by atoms with Crippen molar-refractivity contribution in [1.29, 1.82) is 0 Å². The highest BCUT2D eigenvalue weighted by atomic mass is 35.5. The minimum atomic E-state index is -1.51. The van der Waals surface area contributed by atoms with Crippen LogP contribution in [0.3, 0.4) is 0 Å². The fraction of sp³-hybridized carbons (Fsp3) is 0.522. The molecule has 0 aromatic heterocycles. The lowest BCUT2D eigenvalue weighted by molar-refractivity contribution is -0.274. The predicted molar refractivity (Wildman–Crippen MR) is 128 cm³/mol. The molecule has 0 unspecified atom stereocenters. The molecule has 1 saturated heterocycles. The summed E-state index contributed by atoms with van der Waals surface area (Å²) in [7, 11) is 1.13. The number of hydrogen-bond donors (Lipinski definition) is 1. The van der Waals surface area contributed by atoms with Crippen LogP contribution in [0.2, 0.25) is 10.0 Å². The molecule has 1 aromatic rings. The molecule has 1 heterocycles. The van der Waals surface area contributed by atoms with Gasteiger partial charge in [-0.2, -0.15) is 0 Å². The summed E-state index contributed by atoms with van der Waals surface area (Å²) in [4.78, 5) is 59.8. The van der Waals surface area contributed by atoms with Gasteiger partial charge in [0.25, 0.3) is 5.91 Å². The summed E-state index contributed by atoms with van der Waals surface area (Å²) in [6.07, 6.45) is -5.36. The molecule has 0 bridgehead atoms. The standard InChI is InChI=1S/C23H27Cl2NO12/c1-11(27)33-8-17-21(36-12(2)28)22(35-10-19(31)32-4)20(23(38-17)37-13(3)29)26-18(30)9-34-16-6-5-14(24)7-15(16)25/h5-7,17,20-23H,8-10H2,1-4H3,(H,26,30)/t17-,20-,21-,22+,23+/m0/s1. The normalized spacial score (nSPS) is 22.5. The Hall–Kier alpha value is -3.13. The number of amides is 1. The van der Waals surface area contributed by atoms with Gasteiger partial charge >= 0.3 is 23.9 Å². The Labute approximate surface area is 227 Å². The number of carbonyl (C=O) groups is 5. The third kappa shape index (κ3) is 9.63. The van der Waals surface area contributed by atoms with Gasteiger partial charge in [-0.1, -0.05) is 23.2 Å². The second-order valence-corrected chi connectivity index (χ2v) is 8.68. The van der Waals surface area contributed by atoms with Gasteiger partial charge in [0.1, 0.15) is 37.2 Å². The van der Waals surface area contributed by atoms with Gasteiger partial charge in [-0.25, -0.2) is 4.79 Å². The molecular weight excluding hydrogens is 553 g/mol. The molecule has 2 rings (SSSR count). The van der Waals surface area contributed by atoms with Crippen LogP contribution >= 0.6 is 23.2 Å². The van der Waals surface area contributed by atoms with Crippen LogP contribution in [0.1, 0.15) is 20.8 Å². The number of hydrogen-bond acceptors (Lipinski definition) is 12. The van der Waals surface area contributed by atoms with Crippen molar-refractivity contribution in [3.63, 3.8) is 0 Å². The second kappa shape index (κ2) is 14.7. The van der Waals surface area contributed by atoms with E-state index in [1.807, 2.05) is 0 Å². The van der Waals surface area contributed by atoms with Crippen molar-refractivity contribution in [2.75, 3.05) is 26.9 Å². The molecule has 0 aliphatic carbocycles. The topological polar surface area (TPSA) is 162 Å². The van der Waals surface area contributed by atoms with Gasteiger partial charge < -0.3 is 38.5 Å². The van der Waals surface area contributed by atoms with Crippen LogP contribution < -0.4 is 10.1 Å². The largest absolute Gasteiger partial charge is 0.482 e. The third-order valence-electron chi connectivity index (χ3n) is 4.88. The summed E-state index contributed by atoms with van der Waals surface area (Å²) >= 11 is 11.9. The zero-order valence-electron chi connectivity index (χ0n) is 20.9. The fourth-order valence-electron chi connectivity index (χ4n) is 3.37. The van der Waals surface area contributed by atoms with Gasteiger partial charge in [-0.05, 0) is 18.2 Å². The van der Waals surface area contributed by atoms with E-state index in [1.54, 1.807) is 0 Å². The summed E-state index contributed by atoms with van der Waals surface area (Å²) in [5, 5.41) is 3.07. The summed E-state index contributed by atoms with van der Waals surface area (Å²) in [5.74, 6) is -3.59. The summed E-state index contributed by atoms with van der Waals surface area (Å²) in [6.45, 7) is 1.74. The quantitative estimate of drug-likeness (QED) is 0.295. The molecule has 1 fully saturated rings. The van der Waals surface area contributed by atoms with E-state index in [1.165, 1.54) is 18.2 Å². The first-order valence-electron chi connectivity index (χ1n) is 11.1. The van der Waals surface area contributed by atoms with E-state index in [0.717, 1.165) is 27.9 Å². The van der Waals surface area contributed by atoms with Gasteiger partial charge in [-0.15, -0.1) is 0 Å². The Morgan fingerprint density at radius 3 is 2.21 bits per heavy atom. The van der Waals surface area contributed by atoms with E-state index < -0.39 is 80.2 Å². The molecule has 0 radical (unpaired) electrons. The molecule has 38 heavy (non-hydrogen) atoms. The van der Waals surface area contributed by atoms with Gasteiger partial charge in [0.15, 0.2) is 12.7 Å². The van der Waals surface area contributed by atoms with Crippen molar-refractivity contribution in [3.8, 4) is 5.75 Å². The second-order valence-electron chi connectivity index (χ2n) is 7.84. The molecular formula is C23H27Cl2NO12. The molecule has 1 aliphatic rings. The lowest BCUT2D eigenvalue weighted by Gasteiger charge is -2.44. The average Bonchev–Trinajstić information content (AvgIpc) is 2.82. The van der Waals surface area contributed by atoms with Gasteiger partial charge in [-0.3, -0.25) is 19.2 Å². The molecule has 0 spiro atoms. The lowest BCUT2D eigenvalue weighted by atomic mass is 9.96. The van der Waals surface area contributed by atoms with Crippen LogP contribution in [-0.4, -0.2) is 87.4 Å².